The zero-order valence-electron chi connectivity index (χ0n) is 9.37. The van der Waals surface area contributed by atoms with Crippen molar-refractivity contribution in [3.63, 3.8) is 0 Å². The SMILES string of the molecule is COc1ccc(-c2nnn(CCO)n2)cc1N. The Kier molecular flexibility index (Phi) is 3.20. The molecular formula is C10H13N5O2. The second kappa shape index (κ2) is 4.79. The number of hydrogen-bond donors (Lipinski definition) is 2. The molecule has 1 heterocycles. The average molecular weight is 235 g/mol. The summed E-state index contributed by atoms with van der Waals surface area (Å²) < 4.78 is 5.06. The van der Waals surface area contributed by atoms with E-state index in [0.29, 0.717) is 23.8 Å². The lowest BCUT2D eigenvalue weighted by molar-refractivity contribution is 0.259. The van der Waals surface area contributed by atoms with Gasteiger partial charge in [0.15, 0.2) is 0 Å². The van der Waals surface area contributed by atoms with Gasteiger partial charge in [0.05, 0.1) is 25.9 Å². The molecule has 0 aliphatic rings. The molecule has 0 spiro atoms. The summed E-state index contributed by atoms with van der Waals surface area (Å²) >= 11 is 0. The molecule has 3 N–H and O–H groups in total. The highest BCUT2D eigenvalue weighted by atomic mass is 16.5. The van der Waals surface area contributed by atoms with Crippen LogP contribution in [-0.4, -0.2) is 39.0 Å². The Morgan fingerprint density at radius 2 is 2.29 bits per heavy atom. The minimum absolute atomic E-state index is 0.0272. The predicted octanol–water partition coefficient (Wildman–Crippen LogP) is -0.0768. The van der Waals surface area contributed by atoms with Crippen molar-refractivity contribution in [3.05, 3.63) is 18.2 Å². The van der Waals surface area contributed by atoms with Crippen LogP contribution in [0.4, 0.5) is 5.69 Å². The quantitative estimate of drug-likeness (QED) is 0.719. The van der Waals surface area contributed by atoms with Crippen LogP contribution in [0.3, 0.4) is 0 Å². The number of aliphatic hydroxyl groups is 1. The van der Waals surface area contributed by atoms with Gasteiger partial charge in [-0.15, -0.1) is 10.2 Å². The molecule has 0 unspecified atom stereocenters. The monoisotopic (exact) mass is 235 g/mol. The van der Waals surface area contributed by atoms with Gasteiger partial charge in [-0.05, 0) is 23.4 Å². The number of rotatable bonds is 4. The number of hydrogen-bond acceptors (Lipinski definition) is 6. The summed E-state index contributed by atoms with van der Waals surface area (Å²) in [6.07, 6.45) is 0. The highest BCUT2D eigenvalue weighted by molar-refractivity contribution is 5.65. The van der Waals surface area contributed by atoms with Crippen molar-refractivity contribution in [2.75, 3.05) is 19.5 Å². The lowest BCUT2D eigenvalue weighted by Gasteiger charge is -2.04. The molecule has 90 valence electrons. The maximum Gasteiger partial charge on any atom is 0.204 e. The third-order valence-corrected chi connectivity index (χ3v) is 2.24. The van der Waals surface area contributed by atoms with E-state index in [-0.39, 0.29) is 6.61 Å². The van der Waals surface area contributed by atoms with E-state index >= 15 is 0 Å². The fraction of sp³-hybridized carbons (Fsp3) is 0.300. The third kappa shape index (κ3) is 2.34. The number of nitrogen functional groups attached to an aromatic ring is 1. The Bertz CT molecular complexity index is 511. The van der Waals surface area contributed by atoms with Crippen LogP contribution in [0.5, 0.6) is 5.75 Å². The maximum atomic E-state index is 8.75. The van der Waals surface area contributed by atoms with Gasteiger partial charge in [0.25, 0.3) is 0 Å². The molecule has 0 saturated heterocycles. The molecule has 2 rings (SSSR count). The number of ether oxygens (including phenoxy) is 1. The Morgan fingerprint density at radius 1 is 1.47 bits per heavy atom. The topological polar surface area (TPSA) is 99.1 Å². The molecule has 0 atom stereocenters. The van der Waals surface area contributed by atoms with Crippen LogP contribution < -0.4 is 10.5 Å². The van der Waals surface area contributed by atoms with Crippen molar-refractivity contribution in [2.45, 2.75) is 6.54 Å². The first-order chi connectivity index (χ1) is 8.24. The van der Waals surface area contributed by atoms with E-state index < -0.39 is 0 Å². The van der Waals surface area contributed by atoms with Crippen molar-refractivity contribution >= 4 is 5.69 Å². The van der Waals surface area contributed by atoms with Gasteiger partial charge < -0.3 is 15.6 Å². The minimum Gasteiger partial charge on any atom is -0.495 e. The molecule has 0 bridgehead atoms. The van der Waals surface area contributed by atoms with Crippen LogP contribution in [0.1, 0.15) is 0 Å². The summed E-state index contributed by atoms with van der Waals surface area (Å²) in [6.45, 7) is 0.291. The molecular weight excluding hydrogens is 222 g/mol. The number of tetrazole rings is 1. The van der Waals surface area contributed by atoms with Gasteiger partial charge >= 0.3 is 0 Å². The molecule has 0 fully saturated rings. The van der Waals surface area contributed by atoms with Crippen molar-refractivity contribution in [3.8, 4) is 17.1 Å². The van der Waals surface area contributed by atoms with E-state index in [1.807, 2.05) is 0 Å². The summed E-state index contributed by atoms with van der Waals surface area (Å²) in [5.74, 6) is 1.07. The highest BCUT2D eigenvalue weighted by Gasteiger charge is 2.08. The smallest absolute Gasteiger partial charge is 0.204 e. The van der Waals surface area contributed by atoms with Gasteiger partial charge in [-0.2, -0.15) is 4.80 Å². The number of anilines is 1. The average Bonchev–Trinajstić information content (AvgIpc) is 2.78. The number of nitrogens with zero attached hydrogens (tertiary/aromatic N) is 4. The van der Waals surface area contributed by atoms with Crippen molar-refractivity contribution in [1.29, 1.82) is 0 Å². The summed E-state index contributed by atoms with van der Waals surface area (Å²) in [5.41, 5.74) is 7.06. The Hall–Kier alpha value is -2.15. The van der Waals surface area contributed by atoms with Crippen LogP contribution in [0, 0.1) is 0 Å². The fourth-order valence-electron chi connectivity index (χ4n) is 1.42. The molecule has 0 saturated carbocycles. The maximum absolute atomic E-state index is 8.75. The minimum atomic E-state index is -0.0272. The van der Waals surface area contributed by atoms with E-state index in [0.717, 1.165) is 5.56 Å². The normalized spacial score (nSPS) is 10.5. The van der Waals surface area contributed by atoms with Gasteiger partial charge in [0, 0.05) is 5.56 Å². The third-order valence-electron chi connectivity index (χ3n) is 2.24. The number of methoxy groups -OCH3 is 1. The molecule has 7 heteroatoms. The van der Waals surface area contributed by atoms with Crippen molar-refractivity contribution < 1.29 is 9.84 Å². The summed E-state index contributed by atoms with van der Waals surface area (Å²) in [6, 6.07) is 5.27. The standard InChI is InChI=1S/C10H13N5O2/c1-17-9-3-2-7(6-8(9)11)10-12-14-15(13-10)4-5-16/h2-3,6,16H,4-5,11H2,1H3. The van der Waals surface area contributed by atoms with Crippen molar-refractivity contribution in [2.24, 2.45) is 0 Å². The zero-order chi connectivity index (χ0) is 12.3. The Labute approximate surface area is 97.8 Å². The zero-order valence-corrected chi connectivity index (χ0v) is 9.37. The lowest BCUT2D eigenvalue weighted by atomic mass is 10.2. The van der Waals surface area contributed by atoms with E-state index in [1.165, 1.54) is 4.80 Å². The molecule has 7 nitrogen and oxygen atoms in total. The number of benzene rings is 1. The molecule has 0 aliphatic heterocycles. The molecule has 0 radical (unpaired) electrons. The number of nitrogens with two attached hydrogens (primary N) is 1. The van der Waals surface area contributed by atoms with Gasteiger partial charge in [-0.1, -0.05) is 0 Å². The van der Waals surface area contributed by atoms with Crippen LogP contribution >= 0.6 is 0 Å². The van der Waals surface area contributed by atoms with Crippen LogP contribution in [-0.2, 0) is 6.54 Å². The fourth-order valence-corrected chi connectivity index (χ4v) is 1.42. The van der Waals surface area contributed by atoms with Crippen LogP contribution in [0.2, 0.25) is 0 Å². The predicted molar refractivity (Wildman–Crippen MR) is 61.3 cm³/mol. The van der Waals surface area contributed by atoms with Crippen molar-refractivity contribution in [1.82, 2.24) is 20.2 Å². The first kappa shape index (κ1) is 11.3. The Morgan fingerprint density at radius 3 is 2.94 bits per heavy atom. The second-order valence-corrected chi connectivity index (χ2v) is 3.39. The molecule has 1 aromatic heterocycles. The lowest BCUT2D eigenvalue weighted by Crippen LogP contribution is -2.05. The second-order valence-electron chi connectivity index (χ2n) is 3.39. The summed E-state index contributed by atoms with van der Waals surface area (Å²) in [5, 5.41) is 20.5. The summed E-state index contributed by atoms with van der Waals surface area (Å²) in [7, 11) is 1.56. The molecule has 17 heavy (non-hydrogen) atoms. The van der Waals surface area contributed by atoms with Gasteiger partial charge in [-0.3, -0.25) is 0 Å². The molecule has 2 aromatic rings. The molecule has 0 amide bonds. The largest absolute Gasteiger partial charge is 0.495 e. The van der Waals surface area contributed by atoms with E-state index in [9.17, 15) is 0 Å². The summed E-state index contributed by atoms with van der Waals surface area (Å²) in [4.78, 5) is 1.33. The number of aromatic nitrogens is 4. The van der Waals surface area contributed by atoms with Gasteiger partial charge in [0.1, 0.15) is 5.75 Å². The Balaban J connectivity index is 2.29. The van der Waals surface area contributed by atoms with E-state index in [1.54, 1.807) is 25.3 Å². The van der Waals surface area contributed by atoms with E-state index in [2.05, 4.69) is 15.4 Å². The van der Waals surface area contributed by atoms with Gasteiger partial charge in [-0.25, -0.2) is 0 Å². The molecule has 1 aromatic carbocycles. The van der Waals surface area contributed by atoms with Crippen LogP contribution in [0.25, 0.3) is 11.4 Å². The first-order valence-electron chi connectivity index (χ1n) is 5.07. The molecule has 0 aliphatic carbocycles. The van der Waals surface area contributed by atoms with Gasteiger partial charge in [0.2, 0.25) is 5.82 Å². The first-order valence-corrected chi connectivity index (χ1v) is 5.07. The van der Waals surface area contributed by atoms with E-state index in [4.69, 9.17) is 15.6 Å². The number of aliphatic hydroxyl groups excluding tert-OH is 1. The highest BCUT2D eigenvalue weighted by Crippen LogP contribution is 2.25. The van der Waals surface area contributed by atoms with Crippen LogP contribution in [0.15, 0.2) is 18.2 Å².